The van der Waals surface area contributed by atoms with E-state index in [9.17, 15) is 0 Å². The zero-order valence-corrected chi connectivity index (χ0v) is 16.3. The highest BCUT2D eigenvalue weighted by atomic mass is 16.5. The van der Waals surface area contributed by atoms with Crippen LogP contribution in [0.2, 0.25) is 0 Å². The summed E-state index contributed by atoms with van der Waals surface area (Å²) in [5, 5.41) is 0. The molecule has 0 spiro atoms. The van der Waals surface area contributed by atoms with Crippen LogP contribution in [-0.4, -0.2) is 35.8 Å². The third kappa shape index (κ3) is 2.86. The number of nitrogens with zero attached hydrogens (tertiary/aromatic N) is 1. The monoisotopic (exact) mass is 342 g/mol. The smallest absolute Gasteiger partial charge is 0.116 e. The predicted molar refractivity (Wildman–Crippen MR) is 103 cm³/mol. The zero-order chi connectivity index (χ0) is 17.3. The Balaban J connectivity index is 1.46. The second kappa shape index (κ2) is 7.04. The van der Waals surface area contributed by atoms with Gasteiger partial charge in [-0.15, -0.1) is 0 Å². The van der Waals surface area contributed by atoms with E-state index in [2.05, 4.69) is 44.2 Å². The Kier molecular flexibility index (Phi) is 4.94. The first-order valence-corrected chi connectivity index (χ1v) is 10.7. The topological polar surface area (TPSA) is 9.23 Å². The molecule has 25 heavy (non-hydrogen) atoms. The molecule has 1 aromatic carbocycles. The van der Waals surface area contributed by atoms with Crippen LogP contribution in [0.5, 0.6) is 0 Å². The lowest BCUT2D eigenvalue weighted by Gasteiger charge is -2.44. The van der Waals surface area contributed by atoms with Crippen LogP contribution in [0, 0.1) is 11.8 Å². The normalized spacial score (nSPS) is 39.0. The molecule has 0 radical (unpaired) electrons. The lowest BCUT2D eigenvalue weighted by atomic mass is 9.83. The average Bonchev–Trinajstić information content (AvgIpc) is 3.20. The van der Waals surface area contributed by atoms with Gasteiger partial charge in [0.1, 0.15) is 18.2 Å². The second-order valence-corrected chi connectivity index (χ2v) is 9.07. The number of ether oxygens (including phenoxy) is 1. The lowest BCUT2D eigenvalue weighted by molar-refractivity contribution is -0.953. The molecule has 1 aromatic rings. The van der Waals surface area contributed by atoms with Crippen molar-refractivity contribution in [1.82, 2.24) is 0 Å². The standard InChI is InChI=1S/C23H36NO/c1-3-4-5-9-15-24-16-14-20-12-13-21(23(20,24)2)22(17-24)25-18-19-10-7-6-8-11-19/h6-8,10-11,20-22H,3-5,9,12-18H2,1-2H3/q+1/t20-,21+,22+,23+,24-/m0/s1. The molecule has 1 aliphatic carbocycles. The zero-order valence-electron chi connectivity index (χ0n) is 16.3. The van der Waals surface area contributed by atoms with E-state index < -0.39 is 0 Å². The van der Waals surface area contributed by atoms with Crippen molar-refractivity contribution in [2.45, 2.75) is 77.0 Å². The van der Waals surface area contributed by atoms with Crippen molar-refractivity contribution in [2.24, 2.45) is 11.8 Å². The molecular weight excluding hydrogens is 306 g/mol. The molecule has 3 fully saturated rings. The van der Waals surface area contributed by atoms with Gasteiger partial charge in [0.05, 0.1) is 19.7 Å². The molecule has 2 nitrogen and oxygen atoms in total. The van der Waals surface area contributed by atoms with Gasteiger partial charge in [-0.25, -0.2) is 0 Å². The fourth-order valence-corrected chi connectivity index (χ4v) is 6.64. The largest absolute Gasteiger partial charge is 0.367 e. The summed E-state index contributed by atoms with van der Waals surface area (Å²) in [6.07, 6.45) is 10.3. The van der Waals surface area contributed by atoms with Gasteiger partial charge in [0, 0.05) is 18.3 Å². The molecular formula is C23H36NO+. The summed E-state index contributed by atoms with van der Waals surface area (Å²) in [4.78, 5) is 0. The van der Waals surface area contributed by atoms with E-state index >= 15 is 0 Å². The van der Waals surface area contributed by atoms with E-state index in [1.165, 1.54) is 74.6 Å². The summed E-state index contributed by atoms with van der Waals surface area (Å²) >= 11 is 0. The Morgan fingerprint density at radius 3 is 2.72 bits per heavy atom. The Morgan fingerprint density at radius 1 is 1.08 bits per heavy atom. The fourth-order valence-electron chi connectivity index (χ4n) is 6.64. The molecule has 0 unspecified atom stereocenters. The van der Waals surface area contributed by atoms with E-state index in [0.717, 1.165) is 18.4 Å². The summed E-state index contributed by atoms with van der Waals surface area (Å²) in [6, 6.07) is 10.7. The first kappa shape index (κ1) is 17.5. The van der Waals surface area contributed by atoms with Crippen LogP contribution in [0.15, 0.2) is 30.3 Å². The Morgan fingerprint density at radius 2 is 1.92 bits per heavy atom. The van der Waals surface area contributed by atoms with Gasteiger partial charge in [0.25, 0.3) is 0 Å². The first-order chi connectivity index (χ1) is 12.2. The Hall–Kier alpha value is -0.860. The maximum absolute atomic E-state index is 6.56. The lowest BCUT2D eigenvalue weighted by Crippen LogP contribution is -2.58. The van der Waals surface area contributed by atoms with E-state index in [4.69, 9.17) is 4.74 Å². The predicted octanol–water partition coefficient (Wildman–Crippen LogP) is 5.17. The van der Waals surface area contributed by atoms with Crippen LogP contribution in [0.1, 0.15) is 64.4 Å². The number of benzene rings is 1. The van der Waals surface area contributed by atoms with E-state index in [1.807, 2.05) is 0 Å². The van der Waals surface area contributed by atoms with Crippen LogP contribution in [0.3, 0.4) is 0 Å². The summed E-state index contributed by atoms with van der Waals surface area (Å²) in [5.74, 6) is 1.74. The third-order valence-electron chi connectivity index (χ3n) is 8.06. The molecule has 2 heteroatoms. The molecule has 2 heterocycles. The number of rotatable bonds is 8. The van der Waals surface area contributed by atoms with Gasteiger partial charge < -0.3 is 9.22 Å². The van der Waals surface area contributed by atoms with Gasteiger partial charge in [-0.3, -0.25) is 0 Å². The molecule has 0 amide bonds. The quantitative estimate of drug-likeness (QED) is 0.468. The van der Waals surface area contributed by atoms with Crippen molar-refractivity contribution in [3.05, 3.63) is 35.9 Å². The van der Waals surface area contributed by atoms with Crippen LogP contribution < -0.4 is 0 Å². The Bertz CT molecular complexity index is 573. The second-order valence-electron chi connectivity index (χ2n) is 9.07. The number of unbranched alkanes of at least 4 members (excludes halogenated alkanes) is 3. The van der Waals surface area contributed by atoms with Gasteiger partial charge in [-0.05, 0) is 38.2 Å². The molecule has 0 aromatic heterocycles. The minimum absolute atomic E-state index is 0.474. The van der Waals surface area contributed by atoms with E-state index in [0.29, 0.717) is 11.6 Å². The molecule has 5 atom stereocenters. The summed E-state index contributed by atoms with van der Waals surface area (Å²) in [5.41, 5.74) is 1.83. The van der Waals surface area contributed by atoms with Gasteiger partial charge >= 0.3 is 0 Å². The van der Waals surface area contributed by atoms with Crippen LogP contribution in [0.25, 0.3) is 0 Å². The third-order valence-corrected chi connectivity index (χ3v) is 8.06. The highest BCUT2D eigenvalue weighted by Crippen LogP contribution is 2.60. The summed E-state index contributed by atoms with van der Waals surface area (Å²) < 4.78 is 7.94. The average molecular weight is 343 g/mol. The van der Waals surface area contributed by atoms with Crippen LogP contribution in [-0.2, 0) is 11.3 Å². The molecule has 4 rings (SSSR count). The summed E-state index contributed by atoms with van der Waals surface area (Å²) in [7, 11) is 0. The van der Waals surface area contributed by atoms with Crippen molar-refractivity contribution in [1.29, 1.82) is 0 Å². The number of hydrogen-bond acceptors (Lipinski definition) is 1. The van der Waals surface area contributed by atoms with Crippen LogP contribution in [0.4, 0.5) is 0 Å². The van der Waals surface area contributed by atoms with Crippen molar-refractivity contribution < 1.29 is 9.22 Å². The highest BCUT2D eigenvalue weighted by molar-refractivity contribution is 5.14. The fraction of sp³-hybridized carbons (Fsp3) is 0.739. The summed E-state index contributed by atoms with van der Waals surface area (Å²) in [6.45, 7) is 9.82. The van der Waals surface area contributed by atoms with Gasteiger partial charge in [-0.1, -0.05) is 50.1 Å². The SMILES string of the molecule is CCCCCC[N@+]12CC[C@@H]3CC[C@H]([C@H](OCc4ccccc4)C1)[C@@]32C. The molecule has 0 N–H and O–H groups in total. The first-order valence-electron chi connectivity index (χ1n) is 10.7. The Labute approximate surface area is 154 Å². The number of hydrogen-bond donors (Lipinski definition) is 0. The van der Waals surface area contributed by atoms with Gasteiger partial charge in [0.2, 0.25) is 0 Å². The van der Waals surface area contributed by atoms with Crippen molar-refractivity contribution in [2.75, 3.05) is 19.6 Å². The molecule has 0 bridgehead atoms. The van der Waals surface area contributed by atoms with Gasteiger partial charge in [0.15, 0.2) is 0 Å². The van der Waals surface area contributed by atoms with Crippen molar-refractivity contribution in [3.8, 4) is 0 Å². The maximum Gasteiger partial charge on any atom is 0.116 e. The van der Waals surface area contributed by atoms with Crippen molar-refractivity contribution in [3.63, 3.8) is 0 Å². The molecule has 138 valence electrons. The molecule has 2 aliphatic heterocycles. The van der Waals surface area contributed by atoms with E-state index in [1.54, 1.807) is 0 Å². The highest BCUT2D eigenvalue weighted by Gasteiger charge is 2.70. The minimum Gasteiger partial charge on any atom is -0.367 e. The minimum atomic E-state index is 0.474. The van der Waals surface area contributed by atoms with E-state index in [-0.39, 0.29) is 0 Å². The molecule has 2 saturated heterocycles. The van der Waals surface area contributed by atoms with Gasteiger partial charge in [-0.2, -0.15) is 0 Å². The molecule has 3 aliphatic rings. The maximum atomic E-state index is 6.56. The number of quaternary nitrogens is 1. The van der Waals surface area contributed by atoms with Crippen molar-refractivity contribution >= 4 is 0 Å². The van der Waals surface area contributed by atoms with Crippen LogP contribution >= 0.6 is 0 Å². The molecule has 1 saturated carbocycles.